The maximum atomic E-state index is 12.7. The molecule has 4 atom stereocenters. The number of nitro benzene ring substituents is 1. The Morgan fingerprint density at radius 3 is 2.09 bits per heavy atom. The molecule has 3 N–H and O–H groups in total. The van der Waals surface area contributed by atoms with Crippen LogP contribution < -0.4 is 20.3 Å². The normalized spacial score (nSPS) is 20.1. The minimum atomic E-state index is -0.607. The maximum absolute atomic E-state index is 12.7. The molecule has 0 aliphatic carbocycles. The molecule has 12 nitrogen and oxygen atoms in total. The van der Waals surface area contributed by atoms with Gasteiger partial charge >= 0.3 is 6.03 Å². The van der Waals surface area contributed by atoms with E-state index in [1.54, 1.807) is 36.4 Å². The summed E-state index contributed by atoms with van der Waals surface area (Å²) in [5.74, 6) is 1.46. The Morgan fingerprint density at radius 2 is 1.44 bits per heavy atom. The molecular formula is C43H45N5O7. The van der Waals surface area contributed by atoms with E-state index in [9.17, 15) is 20.0 Å². The summed E-state index contributed by atoms with van der Waals surface area (Å²) in [6.07, 6.45) is -0.970. The van der Waals surface area contributed by atoms with Crippen molar-refractivity contribution in [2.45, 2.75) is 38.6 Å². The summed E-state index contributed by atoms with van der Waals surface area (Å²) in [5.41, 5.74) is 5.38. The quantitative estimate of drug-likeness (QED) is 0.0863. The average molecular weight is 744 g/mol. The number of piperazine rings is 1. The zero-order chi connectivity index (χ0) is 38.1. The number of aliphatic hydroxyl groups excluding tert-OH is 1. The lowest BCUT2D eigenvalue weighted by atomic mass is 9.90. The van der Waals surface area contributed by atoms with E-state index >= 15 is 0 Å². The molecule has 2 heterocycles. The van der Waals surface area contributed by atoms with Crippen molar-refractivity contribution in [1.29, 1.82) is 0 Å². The van der Waals surface area contributed by atoms with Gasteiger partial charge in [-0.05, 0) is 65.2 Å². The predicted molar refractivity (Wildman–Crippen MR) is 210 cm³/mol. The van der Waals surface area contributed by atoms with Crippen molar-refractivity contribution in [2.75, 3.05) is 42.9 Å². The fraction of sp³-hybridized carbons (Fsp3) is 0.279. The molecule has 0 saturated carbocycles. The molecule has 284 valence electrons. The first kappa shape index (κ1) is 37.5. The second kappa shape index (κ2) is 17.6. The standard InChI is InChI=1S/C43H45N5O7/c1-30-40(28-46-23-25-47(26-24-46)36-17-19-37(20-18-36)48(51)52)54-42(55-41(30)33-11-9-32(29-49)10-12-33)34-13-7-31(8-14-34)27-44-43(50)45-35-15-21-39(22-16-35)53-38-5-3-2-4-6-38/h2-22,30,40-42,49H,23-29H2,1H3,(H2,44,45,50). The lowest BCUT2D eigenvalue weighted by Gasteiger charge is -2.44. The number of hydrogen-bond donors (Lipinski definition) is 3. The highest BCUT2D eigenvalue weighted by Crippen LogP contribution is 2.42. The van der Waals surface area contributed by atoms with Crippen LogP contribution in [-0.4, -0.2) is 59.8 Å². The number of nitrogens with one attached hydrogen (secondary N) is 2. The number of anilines is 2. The number of benzene rings is 5. The Labute approximate surface area is 320 Å². The summed E-state index contributed by atoms with van der Waals surface area (Å²) in [4.78, 5) is 28.1. The van der Waals surface area contributed by atoms with E-state index in [0.29, 0.717) is 18.0 Å². The maximum Gasteiger partial charge on any atom is 0.319 e. The van der Waals surface area contributed by atoms with Gasteiger partial charge in [-0.15, -0.1) is 0 Å². The molecule has 5 aromatic carbocycles. The van der Waals surface area contributed by atoms with Gasteiger partial charge in [0.25, 0.3) is 5.69 Å². The molecule has 2 aliphatic rings. The van der Waals surface area contributed by atoms with Crippen LogP contribution in [0.5, 0.6) is 11.5 Å². The molecule has 55 heavy (non-hydrogen) atoms. The SMILES string of the molecule is CC1C(CN2CCN(c3ccc([N+](=O)[O-])cc3)CC2)OC(c2ccc(CNC(=O)Nc3ccc(Oc4ccccc4)cc3)cc2)OC1c1ccc(CO)cc1. The first-order valence-electron chi connectivity index (χ1n) is 18.5. The number of nitro groups is 1. The van der Waals surface area contributed by atoms with E-state index in [1.807, 2.05) is 91.0 Å². The number of para-hydroxylation sites is 1. The van der Waals surface area contributed by atoms with Crippen molar-refractivity contribution in [3.63, 3.8) is 0 Å². The van der Waals surface area contributed by atoms with Crippen LogP contribution in [0.15, 0.2) is 127 Å². The number of non-ortho nitro benzene ring substituents is 1. The van der Waals surface area contributed by atoms with Crippen molar-refractivity contribution in [1.82, 2.24) is 10.2 Å². The van der Waals surface area contributed by atoms with Gasteiger partial charge in [-0.25, -0.2) is 4.79 Å². The Hall–Kier alpha value is -5.79. The number of amides is 2. The molecule has 0 radical (unpaired) electrons. The number of carbonyl (C=O) groups excluding carboxylic acids is 1. The van der Waals surface area contributed by atoms with Crippen LogP contribution >= 0.6 is 0 Å². The molecule has 12 heteroatoms. The summed E-state index contributed by atoms with van der Waals surface area (Å²) in [6, 6.07) is 38.9. The second-order valence-electron chi connectivity index (χ2n) is 13.9. The van der Waals surface area contributed by atoms with Gasteiger partial charge in [-0.2, -0.15) is 0 Å². The fourth-order valence-electron chi connectivity index (χ4n) is 6.94. The Kier molecular flexibility index (Phi) is 12.0. The number of nitrogens with zero attached hydrogens (tertiary/aromatic N) is 3. The van der Waals surface area contributed by atoms with Crippen molar-refractivity contribution in [3.05, 3.63) is 160 Å². The molecule has 0 spiro atoms. The van der Waals surface area contributed by atoms with Gasteiger partial charge in [0.15, 0.2) is 6.29 Å². The third kappa shape index (κ3) is 9.66. The van der Waals surface area contributed by atoms with Crippen LogP contribution in [0, 0.1) is 16.0 Å². The van der Waals surface area contributed by atoms with Gasteiger partial charge in [0.1, 0.15) is 11.5 Å². The smallest absolute Gasteiger partial charge is 0.319 e. The molecule has 2 fully saturated rings. The average Bonchev–Trinajstić information content (AvgIpc) is 3.22. The molecule has 2 aliphatic heterocycles. The summed E-state index contributed by atoms with van der Waals surface area (Å²) in [5, 5.41) is 26.5. The highest BCUT2D eigenvalue weighted by Gasteiger charge is 2.39. The van der Waals surface area contributed by atoms with Crippen LogP contribution in [0.3, 0.4) is 0 Å². The zero-order valence-electron chi connectivity index (χ0n) is 30.6. The molecule has 5 aromatic rings. The predicted octanol–water partition coefficient (Wildman–Crippen LogP) is 7.81. The largest absolute Gasteiger partial charge is 0.457 e. The monoisotopic (exact) mass is 743 g/mol. The summed E-state index contributed by atoms with van der Waals surface area (Å²) in [7, 11) is 0. The number of aliphatic hydroxyl groups is 1. The van der Waals surface area contributed by atoms with Crippen LogP contribution in [0.1, 0.15) is 41.6 Å². The lowest BCUT2D eigenvalue weighted by molar-refractivity contribution is -0.384. The molecule has 0 aromatic heterocycles. The third-order valence-electron chi connectivity index (χ3n) is 10.2. The van der Waals surface area contributed by atoms with Crippen molar-refractivity contribution in [2.24, 2.45) is 5.92 Å². The van der Waals surface area contributed by atoms with Gasteiger partial charge in [-0.3, -0.25) is 15.0 Å². The van der Waals surface area contributed by atoms with Crippen LogP contribution in [0.2, 0.25) is 0 Å². The van der Waals surface area contributed by atoms with Gasteiger partial charge in [0, 0.05) is 74.3 Å². The molecular weight excluding hydrogens is 699 g/mol. The minimum absolute atomic E-state index is 0.0256. The van der Waals surface area contributed by atoms with Crippen molar-refractivity contribution >= 4 is 23.1 Å². The highest BCUT2D eigenvalue weighted by atomic mass is 16.7. The molecule has 0 bridgehead atoms. The van der Waals surface area contributed by atoms with Crippen LogP contribution in [0.25, 0.3) is 0 Å². The van der Waals surface area contributed by atoms with Crippen molar-refractivity contribution in [3.8, 4) is 11.5 Å². The molecule has 7 rings (SSSR count). The van der Waals surface area contributed by atoms with Crippen LogP contribution in [0.4, 0.5) is 21.9 Å². The van der Waals surface area contributed by atoms with Crippen molar-refractivity contribution < 1.29 is 29.0 Å². The van der Waals surface area contributed by atoms with Gasteiger partial charge < -0.3 is 34.9 Å². The van der Waals surface area contributed by atoms with Gasteiger partial charge in [-0.1, -0.05) is 73.7 Å². The molecule has 4 unspecified atom stereocenters. The summed E-state index contributed by atoms with van der Waals surface area (Å²) >= 11 is 0. The highest BCUT2D eigenvalue weighted by molar-refractivity contribution is 5.89. The zero-order valence-corrected chi connectivity index (χ0v) is 30.6. The van der Waals surface area contributed by atoms with Gasteiger partial charge in [0.2, 0.25) is 0 Å². The van der Waals surface area contributed by atoms with E-state index in [-0.39, 0.29) is 41.4 Å². The van der Waals surface area contributed by atoms with E-state index in [0.717, 1.165) is 66.4 Å². The topological polar surface area (TPSA) is 139 Å². The molecule has 2 amide bonds. The summed E-state index contributed by atoms with van der Waals surface area (Å²) in [6.45, 7) is 6.44. The fourth-order valence-corrected chi connectivity index (χ4v) is 6.94. The number of rotatable bonds is 12. The number of carbonyl (C=O) groups is 1. The van der Waals surface area contributed by atoms with E-state index in [2.05, 4.69) is 27.4 Å². The molecule has 2 saturated heterocycles. The van der Waals surface area contributed by atoms with Gasteiger partial charge in [0.05, 0.1) is 23.7 Å². The van der Waals surface area contributed by atoms with E-state index in [1.165, 1.54) is 0 Å². The Morgan fingerprint density at radius 1 is 0.800 bits per heavy atom. The number of ether oxygens (including phenoxy) is 3. The third-order valence-corrected chi connectivity index (χ3v) is 10.2. The van der Waals surface area contributed by atoms with E-state index < -0.39 is 6.29 Å². The Balaban J connectivity index is 0.960. The summed E-state index contributed by atoms with van der Waals surface area (Å²) < 4.78 is 19.2. The van der Waals surface area contributed by atoms with E-state index in [4.69, 9.17) is 14.2 Å². The number of hydrogen-bond acceptors (Lipinski definition) is 9. The first-order chi connectivity index (χ1) is 26.8. The van der Waals surface area contributed by atoms with Crippen LogP contribution in [-0.2, 0) is 22.6 Å². The lowest BCUT2D eigenvalue weighted by Crippen LogP contribution is -2.51. The number of urea groups is 1. The second-order valence-corrected chi connectivity index (χ2v) is 13.9. The first-order valence-corrected chi connectivity index (χ1v) is 18.5. The minimum Gasteiger partial charge on any atom is -0.457 e. The Bertz CT molecular complexity index is 2000.